The van der Waals surface area contributed by atoms with Gasteiger partial charge in [0.05, 0.1) is 0 Å². The van der Waals surface area contributed by atoms with Crippen molar-refractivity contribution in [2.24, 2.45) is 0 Å². The first-order valence-electron chi connectivity index (χ1n) is 6.94. The molecule has 0 aliphatic heterocycles. The van der Waals surface area contributed by atoms with E-state index in [4.69, 9.17) is 5.26 Å². The molecule has 116 valence electrons. The summed E-state index contributed by atoms with van der Waals surface area (Å²) >= 11 is 0. The SMILES string of the molecule is CC(=O)c1cccc(NC(=O)Cn2c(C)ccc(C#N)c2=O)c1. The number of Topliss-reactive ketones (excluding diaryl/α,β-unsaturated/α-hetero) is 1. The van der Waals surface area contributed by atoms with Gasteiger partial charge in [-0.15, -0.1) is 0 Å². The monoisotopic (exact) mass is 309 g/mol. The minimum atomic E-state index is -0.500. The Labute approximate surface area is 133 Å². The fourth-order valence-corrected chi connectivity index (χ4v) is 2.11. The molecule has 1 amide bonds. The standard InChI is InChI=1S/C17H15N3O3/c1-11-6-7-14(9-18)17(23)20(11)10-16(22)19-15-5-3-4-13(8-15)12(2)21/h3-8H,10H2,1-2H3,(H,19,22). The Morgan fingerprint density at radius 3 is 2.65 bits per heavy atom. The Hall–Kier alpha value is -3.20. The lowest BCUT2D eigenvalue weighted by Crippen LogP contribution is -2.30. The molecular formula is C17H15N3O3. The number of amides is 1. The largest absolute Gasteiger partial charge is 0.325 e. The van der Waals surface area contributed by atoms with Gasteiger partial charge in [0, 0.05) is 16.9 Å². The number of pyridine rings is 1. The second-order valence-corrected chi connectivity index (χ2v) is 5.08. The zero-order valence-corrected chi connectivity index (χ0v) is 12.8. The number of hydrogen-bond acceptors (Lipinski definition) is 4. The van der Waals surface area contributed by atoms with Gasteiger partial charge in [0.15, 0.2) is 5.78 Å². The molecular weight excluding hydrogens is 294 g/mol. The van der Waals surface area contributed by atoms with Gasteiger partial charge in [-0.25, -0.2) is 0 Å². The molecule has 1 aromatic carbocycles. The smallest absolute Gasteiger partial charge is 0.269 e. The fourth-order valence-electron chi connectivity index (χ4n) is 2.11. The van der Waals surface area contributed by atoms with E-state index in [1.165, 1.54) is 17.6 Å². The molecule has 23 heavy (non-hydrogen) atoms. The summed E-state index contributed by atoms with van der Waals surface area (Å²) < 4.78 is 1.24. The Morgan fingerprint density at radius 2 is 2.00 bits per heavy atom. The maximum absolute atomic E-state index is 12.1. The van der Waals surface area contributed by atoms with Crippen LogP contribution in [0.5, 0.6) is 0 Å². The van der Waals surface area contributed by atoms with Crippen molar-refractivity contribution in [2.45, 2.75) is 20.4 Å². The van der Waals surface area contributed by atoms with Gasteiger partial charge in [-0.2, -0.15) is 5.26 Å². The average molecular weight is 309 g/mol. The van der Waals surface area contributed by atoms with Crippen molar-refractivity contribution in [3.8, 4) is 6.07 Å². The Morgan fingerprint density at radius 1 is 1.26 bits per heavy atom. The lowest BCUT2D eigenvalue weighted by Gasteiger charge is -2.11. The number of anilines is 1. The predicted octanol–water partition coefficient (Wildman–Crippen LogP) is 1.87. The second-order valence-electron chi connectivity index (χ2n) is 5.08. The quantitative estimate of drug-likeness (QED) is 0.873. The van der Waals surface area contributed by atoms with Crippen LogP contribution >= 0.6 is 0 Å². The minimum absolute atomic E-state index is 0.0121. The van der Waals surface area contributed by atoms with Crippen LogP contribution in [-0.4, -0.2) is 16.3 Å². The topological polar surface area (TPSA) is 92.0 Å². The van der Waals surface area contributed by atoms with E-state index < -0.39 is 11.5 Å². The molecule has 0 bridgehead atoms. The zero-order valence-electron chi connectivity index (χ0n) is 12.8. The summed E-state index contributed by atoms with van der Waals surface area (Å²) in [6.07, 6.45) is 0. The van der Waals surface area contributed by atoms with E-state index in [-0.39, 0.29) is 17.9 Å². The predicted molar refractivity (Wildman–Crippen MR) is 85.2 cm³/mol. The van der Waals surface area contributed by atoms with E-state index in [0.717, 1.165) is 0 Å². The molecule has 0 aliphatic carbocycles. The molecule has 1 heterocycles. The summed E-state index contributed by atoms with van der Waals surface area (Å²) in [6.45, 7) is 2.92. The van der Waals surface area contributed by atoms with Crippen LogP contribution < -0.4 is 10.9 Å². The third-order valence-electron chi connectivity index (χ3n) is 3.37. The van der Waals surface area contributed by atoms with Gasteiger partial charge >= 0.3 is 0 Å². The molecule has 0 radical (unpaired) electrons. The van der Waals surface area contributed by atoms with Crippen molar-refractivity contribution in [3.05, 3.63) is 63.6 Å². The lowest BCUT2D eigenvalue weighted by atomic mass is 10.1. The highest BCUT2D eigenvalue weighted by Crippen LogP contribution is 2.11. The highest BCUT2D eigenvalue weighted by atomic mass is 16.2. The average Bonchev–Trinajstić information content (AvgIpc) is 2.52. The van der Waals surface area contributed by atoms with Crippen LogP contribution in [0.3, 0.4) is 0 Å². The zero-order chi connectivity index (χ0) is 17.0. The molecule has 6 nitrogen and oxygen atoms in total. The maximum Gasteiger partial charge on any atom is 0.269 e. The number of nitrogens with one attached hydrogen (secondary N) is 1. The van der Waals surface area contributed by atoms with Crippen LogP contribution in [0, 0.1) is 18.3 Å². The third-order valence-corrected chi connectivity index (χ3v) is 3.37. The van der Waals surface area contributed by atoms with E-state index in [9.17, 15) is 14.4 Å². The molecule has 0 aliphatic rings. The molecule has 2 aromatic rings. The van der Waals surface area contributed by atoms with Crippen LogP contribution in [0.2, 0.25) is 0 Å². The second kappa shape index (κ2) is 6.71. The first kappa shape index (κ1) is 16.2. The number of carbonyl (C=O) groups is 2. The number of benzene rings is 1. The summed E-state index contributed by atoms with van der Waals surface area (Å²) in [5.74, 6) is -0.513. The first-order valence-corrected chi connectivity index (χ1v) is 6.94. The molecule has 0 saturated carbocycles. The fraction of sp³-hybridized carbons (Fsp3) is 0.176. The van der Waals surface area contributed by atoms with E-state index in [1.807, 2.05) is 0 Å². The highest BCUT2D eigenvalue weighted by Gasteiger charge is 2.11. The Bertz CT molecular complexity index is 875. The third kappa shape index (κ3) is 3.71. The minimum Gasteiger partial charge on any atom is -0.325 e. The summed E-state index contributed by atoms with van der Waals surface area (Å²) in [5, 5.41) is 11.5. The van der Waals surface area contributed by atoms with Crippen molar-refractivity contribution in [1.82, 2.24) is 4.57 Å². The lowest BCUT2D eigenvalue weighted by molar-refractivity contribution is -0.116. The van der Waals surface area contributed by atoms with E-state index in [1.54, 1.807) is 43.3 Å². The summed E-state index contributed by atoms with van der Waals surface area (Å²) in [5.41, 5.74) is 1.04. The normalized spacial score (nSPS) is 9.96. The molecule has 0 saturated heterocycles. The summed E-state index contributed by atoms with van der Waals surface area (Å²) in [4.78, 5) is 35.5. The number of nitriles is 1. The highest BCUT2D eigenvalue weighted by molar-refractivity contribution is 5.97. The van der Waals surface area contributed by atoms with Gasteiger partial charge in [-0.3, -0.25) is 14.4 Å². The van der Waals surface area contributed by atoms with Gasteiger partial charge < -0.3 is 9.88 Å². The number of aromatic nitrogens is 1. The van der Waals surface area contributed by atoms with E-state index in [0.29, 0.717) is 16.9 Å². The van der Waals surface area contributed by atoms with E-state index >= 15 is 0 Å². The van der Waals surface area contributed by atoms with Gasteiger partial charge in [-0.1, -0.05) is 12.1 Å². The van der Waals surface area contributed by atoms with Crippen LogP contribution in [0.4, 0.5) is 5.69 Å². The molecule has 0 unspecified atom stereocenters. The molecule has 0 spiro atoms. The number of rotatable bonds is 4. The van der Waals surface area contributed by atoms with Crippen LogP contribution in [0.15, 0.2) is 41.2 Å². The number of aryl methyl sites for hydroxylation is 1. The summed E-state index contributed by atoms with van der Waals surface area (Å²) in [6, 6.07) is 11.4. The van der Waals surface area contributed by atoms with Gasteiger partial charge in [0.25, 0.3) is 5.56 Å². The van der Waals surface area contributed by atoms with Crippen molar-refractivity contribution in [2.75, 3.05) is 5.32 Å². The molecule has 1 N–H and O–H groups in total. The number of nitrogens with zero attached hydrogens (tertiary/aromatic N) is 2. The molecule has 0 fully saturated rings. The first-order chi connectivity index (χ1) is 10.9. The van der Waals surface area contributed by atoms with Crippen molar-refractivity contribution < 1.29 is 9.59 Å². The maximum atomic E-state index is 12.1. The Kier molecular flexibility index (Phi) is 4.72. The summed E-state index contributed by atoms with van der Waals surface area (Å²) in [7, 11) is 0. The van der Waals surface area contributed by atoms with Crippen molar-refractivity contribution >= 4 is 17.4 Å². The molecule has 6 heteroatoms. The van der Waals surface area contributed by atoms with Crippen LogP contribution in [0.25, 0.3) is 0 Å². The van der Waals surface area contributed by atoms with Gasteiger partial charge in [0.1, 0.15) is 18.2 Å². The Balaban J connectivity index is 2.21. The van der Waals surface area contributed by atoms with Gasteiger partial charge in [-0.05, 0) is 38.1 Å². The van der Waals surface area contributed by atoms with Crippen molar-refractivity contribution in [3.63, 3.8) is 0 Å². The van der Waals surface area contributed by atoms with Gasteiger partial charge in [0.2, 0.25) is 5.91 Å². The molecule has 1 aromatic heterocycles. The number of carbonyl (C=O) groups excluding carboxylic acids is 2. The van der Waals surface area contributed by atoms with Crippen LogP contribution in [-0.2, 0) is 11.3 Å². The molecule has 0 atom stereocenters. The molecule has 2 rings (SSSR count). The van der Waals surface area contributed by atoms with Crippen LogP contribution in [0.1, 0.15) is 28.5 Å². The van der Waals surface area contributed by atoms with Crippen molar-refractivity contribution in [1.29, 1.82) is 5.26 Å². The number of ketones is 1. The van der Waals surface area contributed by atoms with E-state index in [2.05, 4.69) is 5.32 Å². The number of hydrogen-bond donors (Lipinski definition) is 1.